The number of halogens is 4. The van der Waals surface area contributed by atoms with E-state index in [4.69, 9.17) is 23.2 Å². The minimum absolute atomic E-state index is 0.131. The number of carboxylic acids is 1. The predicted molar refractivity (Wildman–Crippen MR) is 139 cm³/mol. The lowest BCUT2D eigenvalue weighted by Gasteiger charge is -2.53. The van der Waals surface area contributed by atoms with E-state index in [0.717, 1.165) is 10.9 Å². The molecule has 1 amide bonds. The van der Waals surface area contributed by atoms with Crippen molar-refractivity contribution in [2.75, 3.05) is 17.2 Å². The predicted octanol–water partition coefficient (Wildman–Crippen LogP) is 4.49. The number of fused-ring (bicyclic) bond motifs is 5. The van der Waals surface area contributed by atoms with Crippen molar-refractivity contribution in [2.45, 2.75) is 36.6 Å². The summed E-state index contributed by atoms with van der Waals surface area (Å²) in [5.41, 5.74) is 0.0892. The number of aliphatic hydroxyl groups excluding tert-OH is 1. The molecule has 3 aliphatic heterocycles. The summed E-state index contributed by atoms with van der Waals surface area (Å²) in [4.78, 5) is 27.6. The first-order valence-corrected chi connectivity index (χ1v) is 12.9. The van der Waals surface area contributed by atoms with E-state index < -0.39 is 60.4 Å². The maximum atomic E-state index is 15.0. The second-order valence-corrected chi connectivity index (χ2v) is 11.2. The molecule has 4 heterocycles. The molecule has 12 heteroatoms. The first-order valence-electron chi connectivity index (χ1n) is 12.1. The Morgan fingerprint density at radius 2 is 1.95 bits per heavy atom. The molecule has 38 heavy (non-hydrogen) atoms. The van der Waals surface area contributed by atoms with Gasteiger partial charge in [-0.3, -0.25) is 14.5 Å². The Morgan fingerprint density at radius 3 is 2.68 bits per heavy atom. The number of aryl methyl sites for hydroxylation is 1. The Balaban J connectivity index is 1.43. The smallest absolute Gasteiger partial charge is 0.308 e. The van der Waals surface area contributed by atoms with E-state index in [1.54, 1.807) is 12.1 Å². The van der Waals surface area contributed by atoms with E-state index in [0.29, 0.717) is 5.69 Å². The highest BCUT2D eigenvalue weighted by Gasteiger charge is 2.69. The molecule has 0 aliphatic carbocycles. The van der Waals surface area contributed by atoms with Crippen LogP contribution in [0.4, 0.5) is 20.2 Å². The van der Waals surface area contributed by atoms with Crippen LogP contribution < -0.4 is 10.6 Å². The van der Waals surface area contributed by atoms with Gasteiger partial charge in [0.2, 0.25) is 5.91 Å². The minimum atomic E-state index is -3.21. The maximum absolute atomic E-state index is 15.0. The molecule has 8 nitrogen and oxygen atoms in total. The number of aliphatic carboxylic acids is 1. The number of benzene rings is 2. The fourth-order valence-electron chi connectivity index (χ4n) is 6.69. The number of alkyl halides is 2. The van der Waals surface area contributed by atoms with Crippen molar-refractivity contribution in [3.63, 3.8) is 0 Å². The first kappa shape index (κ1) is 25.4. The van der Waals surface area contributed by atoms with Crippen molar-refractivity contribution in [3.05, 3.63) is 58.2 Å². The summed E-state index contributed by atoms with van der Waals surface area (Å²) in [6.07, 6.45) is -0.624. The van der Waals surface area contributed by atoms with Crippen LogP contribution >= 0.6 is 23.2 Å². The minimum Gasteiger partial charge on any atom is -0.481 e. The second-order valence-electron chi connectivity index (χ2n) is 10.4. The Hall–Kier alpha value is -2.92. The summed E-state index contributed by atoms with van der Waals surface area (Å²) in [5, 5.41) is 28.4. The average Bonchev–Trinajstić information content (AvgIpc) is 3.46. The standard InChI is InChI=1S/C26H24Cl2F2N4O4/c1-33-5-4-12-6-14(2-3-19(12)33)31-22(35)15-9-17(23(36)37)26(34-11-25(29,30)10-20(15)34)16-7-13(27)8-18(28)21(16)32-24(26)38/h2-8,15,17,20,24,32,38H,9-11H2,1H3,(H,31,35)(H,36,37)/t15-,17?,20-,24?,26+/m1/s1. The summed E-state index contributed by atoms with van der Waals surface area (Å²) < 4.78 is 32.0. The SMILES string of the molecule is Cn1ccc2cc(NC(=O)[C@@H]3CC(C(=O)O)[C@]4(c5cc(Cl)cc(Cl)c5NC4O)N4CC(F)(F)C[C@H]34)ccc21. The topological polar surface area (TPSA) is 107 Å². The number of hydrogen-bond acceptors (Lipinski definition) is 5. The molecule has 1 spiro atoms. The third-order valence-electron chi connectivity index (χ3n) is 8.24. The number of anilines is 2. The van der Waals surface area contributed by atoms with E-state index in [9.17, 15) is 19.8 Å². The van der Waals surface area contributed by atoms with Gasteiger partial charge in [-0.2, -0.15) is 0 Å². The van der Waals surface area contributed by atoms with E-state index in [1.165, 1.54) is 17.0 Å². The van der Waals surface area contributed by atoms with Crippen molar-refractivity contribution in [1.82, 2.24) is 9.47 Å². The van der Waals surface area contributed by atoms with Crippen molar-refractivity contribution < 1.29 is 28.6 Å². The highest BCUT2D eigenvalue weighted by atomic mass is 35.5. The third-order valence-corrected chi connectivity index (χ3v) is 8.76. The molecule has 3 aliphatic rings. The number of carbonyl (C=O) groups excluding carboxylic acids is 1. The highest BCUT2D eigenvalue weighted by molar-refractivity contribution is 6.36. The average molecular weight is 565 g/mol. The number of aliphatic hydroxyl groups is 1. The number of amides is 1. The van der Waals surface area contributed by atoms with Crippen molar-refractivity contribution in [3.8, 4) is 0 Å². The van der Waals surface area contributed by atoms with Crippen LogP contribution in [0.15, 0.2) is 42.6 Å². The molecular weight excluding hydrogens is 541 g/mol. The Bertz CT molecular complexity index is 1500. The lowest BCUT2D eigenvalue weighted by Crippen LogP contribution is -2.67. The largest absolute Gasteiger partial charge is 0.481 e. The molecule has 2 unspecified atom stereocenters. The molecule has 2 aromatic carbocycles. The number of piperidine rings is 1. The van der Waals surface area contributed by atoms with Crippen LogP contribution in [0.5, 0.6) is 0 Å². The van der Waals surface area contributed by atoms with Gasteiger partial charge in [-0.15, -0.1) is 0 Å². The van der Waals surface area contributed by atoms with Gasteiger partial charge in [-0.1, -0.05) is 23.2 Å². The zero-order valence-electron chi connectivity index (χ0n) is 20.1. The van der Waals surface area contributed by atoms with Crippen molar-refractivity contribution in [1.29, 1.82) is 0 Å². The van der Waals surface area contributed by atoms with Crippen molar-refractivity contribution in [2.24, 2.45) is 18.9 Å². The van der Waals surface area contributed by atoms with Crippen molar-refractivity contribution >= 4 is 57.4 Å². The fourth-order valence-corrected chi connectivity index (χ4v) is 7.24. The molecule has 5 atom stereocenters. The van der Waals surface area contributed by atoms with E-state index in [1.807, 2.05) is 29.9 Å². The lowest BCUT2D eigenvalue weighted by molar-refractivity contribution is -0.169. The van der Waals surface area contributed by atoms with Gasteiger partial charge in [0.1, 0.15) is 11.8 Å². The number of carbonyl (C=O) groups is 2. The van der Waals surface area contributed by atoms with Crippen LogP contribution in [0.3, 0.4) is 0 Å². The van der Waals surface area contributed by atoms with Gasteiger partial charge in [-0.25, -0.2) is 8.78 Å². The maximum Gasteiger partial charge on any atom is 0.308 e. The quantitative estimate of drug-likeness (QED) is 0.373. The van der Waals surface area contributed by atoms with E-state index in [2.05, 4.69) is 10.6 Å². The molecule has 6 rings (SSSR count). The number of nitrogens with zero attached hydrogens (tertiary/aromatic N) is 2. The zero-order chi connectivity index (χ0) is 27.1. The van der Waals surface area contributed by atoms with Crippen LogP contribution in [0, 0.1) is 11.8 Å². The van der Waals surface area contributed by atoms with Gasteiger partial charge >= 0.3 is 5.97 Å². The summed E-state index contributed by atoms with van der Waals surface area (Å²) in [7, 11) is 1.89. The van der Waals surface area contributed by atoms with Gasteiger partial charge in [0, 0.05) is 52.9 Å². The van der Waals surface area contributed by atoms with Gasteiger partial charge in [-0.05, 0) is 42.8 Å². The first-order chi connectivity index (χ1) is 17.9. The van der Waals surface area contributed by atoms with E-state index in [-0.39, 0.29) is 27.7 Å². The van der Waals surface area contributed by atoms with Gasteiger partial charge in [0.15, 0.2) is 0 Å². The molecule has 0 bridgehead atoms. The summed E-state index contributed by atoms with van der Waals surface area (Å²) in [6.45, 7) is -0.830. The van der Waals surface area contributed by atoms with Crippen LogP contribution in [0.1, 0.15) is 18.4 Å². The highest BCUT2D eigenvalue weighted by Crippen LogP contribution is 2.59. The number of rotatable bonds is 3. The molecular formula is C26H24Cl2F2N4O4. The Labute approximate surface area is 226 Å². The molecule has 0 saturated carbocycles. The second kappa shape index (κ2) is 8.54. The molecule has 1 aromatic heterocycles. The summed E-state index contributed by atoms with van der Waals surface area (Å²) in [6, 6.07) is 9.05. The van der Waals surface area contributed by atoms with Crippen LogP contribution in [-0.2, 0) is 22.2 Å². The van der Waals surface area contributed by atoms with Crippen LogP contribution in [-0.4, -0.2) is 56.3 Å². The number of aromatic nitrogens is 1. The van der Waals surface area contributed by atoms with E-state index >= 15 is 8.78 Å². The molecule has 2 saturated heterocycles. The molecule has 200 valence electrons. The molecule has 2 fully saturated rings. The monoisotopic (exact) mass is 564 g/mol. The summed E-state index contributed by atoms with van der Waals surface area (Å²) in [5.74, 6) is -7.59. The van der Waals surface area contributed by atoms with Crippen LogP contribution in [0.2, 0.25) is 10.0 Å². The number of carboxylic acid groups (broad SMARTS) is 1. The Morgan fingerprint density at radius 1 is 1.18 bits per heavy atom. The van der Waals surface area contributed by atoms with Gasteiger partial charge < -0.3 is 25.4 Å². The van der Waals surface area contributed by atoms with Crippen LogP contribution in [0.25, 0.3) is 10.9 Å². The summed E-state index contributed by atoms with van der Waals surface area (Å²) >= 11 is 12.6. The van der Waals surface area contributed by atoms with Gasteiger partial charge in [0.05, 0.1) is 29.1 Å². The molecule has 3 aromatic rings. The Kier molecular flexibility index (Phi) is 5.70. The number of nitrogens with one attached hydrogen (secondary N) is 2. The normalized spacial score (nSPS) is 29.7. The lowest BCUT2D eigenvalue weighted by atomic mass is 9.67. The van der Waals surface area contributed by atoms with Gasteiger partial charge in [0.25, 0.3) is 5.92 Å². The molecule has 0 radical (unpaired) electrons. The zero-order valence-corrected chi connectivity index (χ0v) is 21.6. The fraction of sp³-hybridized carbons (Fsp3) is 0.385. The third kappa shape index (κ3) is 3.61. The number of hydrogen-bond donors (Lipinski definition) is 4. The molecule has 4 N–H and O–H groups in total.